The Hall–Kier alpha value is 0.110. The zero-order valence-corrected chi connectivity index (χ0v) is 10.4. The second kappa shape index (κ2) is 5.86. The summed E-state index contributed by atoms with van der Waals surface area (Å²) in [6, 6.07) is 0.509. The molecule has 1 fully saturated rings. The van der Waals surface area contributed by atoms with Crippen molar-refractivity contribution in [2.24, 2.45) is 5.92 Å². The monoisotopic (exact) mass is 217 g/mol. The summed E-state index contributed by atoms with van der Waals surface area (Å²) in [5, 5.41) is 3.82. The van der Waals surface area contributed by atoms with E-state index in [0.29, 0.717) is 11.3 Å². The van der Waals surface area contributed by atoms with Crippen LogP contribution in [0, 0.1) is 5.92 Å². The second-order valence-electron chi connectivity index (χ2n) is 4.27. The van der Waals surface area contributed by atoms with Gasteiger partial charge in [0.25, 0.3) is 0 Å². The Balaban J connectivity index is 2.34. The molecule has 1 rings (SSSR count). The molecule has 0 aliphatic heterocycles. The normalized spacial score (nSPS) is 23.1. The van der Waals surface area contributed by atoms with Crippen molar-refractivity contribution < 1.29 is 4.21 Å². The maximum Gasteiger partial charge on any atom is 0.0394 e. The largest absolute Gasteiger partial charge is 0.313 e. The summed E-state index contributed by atoms with van der Waals surface area (Å²) >= 11 is 0. The van der Waals surface area contributed by atoms with Crippen LogP contribution in [0.25, 0.3) is 0 Å². The maximum atomic E-state index is 11.9. The number of hydrogen-bond acceptors (Lipinski definition) is 2. The first-order valence-corrected chi connectivity index (χ1v) is 7.17. The van der Waals surface area contributed by atoms with Crippen molar-refractivity contribution in [3.63, 3.8) is 0 Å². The van der Waals surface area contributed by atoms with Crippen molar-refractivity contribution in [3.05, 3.63) is 0 Å². The Labute approximate surface area is 90.3 Å². The van der Waals surface area contributed by atoms with Crippen LogP contribution in [-0.2, 0) is 10.8 Å². The lowest BCUT2D eigenvalue weighted by Gasteiger charge is -2.18. The third-order valence-corrected chi connectivity index (χ3v) is 4.94. The lowest BCUT2D eigenvalue weighted by Crippen LogP contribution is -2.37. The van der Waals surface area contributed by atoms with Gasteiger partial charge in [0.15, 0.2) is 0 Å². The Morgan fingerprint density at radius 3 is 2.50 bits per heavy atom. The summed E-state index contributed by atoms with van der Waals surface area (Å²) in [5.41, 5.74) is 0. The maximum absolute atomic E-state index is 11.9. The number of rotatable bonds is 7. The molecular formula is C11H23NOS. The molecule has 1 aliphatic rings. The molecule has 0 saturated heterocycles. The van der Waals surface area contributed by atoms with Crippen molar-refractivity contribution in [1.29, 1.82) is 0 Å². The molecule has 3 heteroatoms. The van der Waals surface area contributed by atoms with Crippen LogP contribution in [-0.4, -0.2) is 27.8 Å². The van der Waals surface area contributed by atoms with E-state index in [-0.39, 0.29) is 0 Å². The van der Waals surface area contributed by atoms with E-state index in [2.05, 4.69) is 26.1 Å². The van der Waals surface area contributed by atoms with E-state index in [1.165, 1.54) is 12.8 Å². The highest BCUT2D eigenvalue weighted by molar-refractivity contribution is 7.85. The molecule has 0 heterocycles. The number of nitrogens with one attached hydrogen (secondary N) is 1. The molecule has 1 saturated carbocycles. The van der Waals surface area contributed by atoms with E-state index >= 15 is 0 Å². The molecule has 0 aromatic rings. The van der Waals surface area contributed by atoms with Crippen LogP contribution in [0.15, 0.2) is 0 Å². The smallest absolute Gasteiger partial charge is 0.0394 e. The molecule has 3 unspecified atom stereocenters. The summed E-state index contributed by atoms with van der Waals surface area (Å²) in [6.07, 6.45) is 3.68. The molecule has 0 amide bonds. The van der Waals surface area contributed by atoms with Crippen LogP contribution in [0.4, 0.5) is 0 Å². The zero-order chi connectivity index (χ0) is 10.6. The van der Waals surface area contributed by atoms with Crippen LogP contribution in [0.2, 0.25) is 0 Å². The first-order valence-electron chi connectivity index (χ1n) is 5.79. The molecule has 0 radical (unpaired) electrons. The molecular weight excluding hydrogens is 194 g/mol. The molecule has 1 N–H and O–H groups in total. The highest BCUT2D eigenvalue weighted by Gasteiger charge is 2.32. The SMILES string of the molecule is CCNC(CS(=O)C(C)CC)C1CC1. The highest BCUT2D eigenvalue weighted by atomic mass is 32.2. The highest BCUT2D eigenvalue weighted by Crippen LogP contribution is 2.33. The van der Waals surface area contributed by atoms with E-state index in [4.69, 9.17) is 0 Å². The molecule has 0 bridgehead atoms. The fourth-order valence-electron chi connectivity index (χ4n) is 1.65. The predicted octanol–water partition coefficient (Wildman–Crippen LogP) is 1.92. The Bertz CT molecular complexity index is 192. The second-order valence-corrected chi connectivity index (χ2v) is 6.17. The van der Waals surface area contributed by atoms with E-state index in [1.54, 1.807) is 0 Å². The molecule has 0 aromatic heterocycles. The summed E-state index contributed by atoms with van der Waals surface area (Å²) in [5.74, 6) is 1.66. The first kappa shape index (κ1) is 12.2. The summed E-state index contributed by atoms with van der Waals surface area (Å²) in [7, 11) is -0.639. The van der Waals surface area contributed by atoms with Gasteiger partial charge in [0.1, 0.15) is 0 Å². The van der Waals surface area contributed by atoms with Gasteiger partial charge in [-0.3, -0.25) is 4.21 Å². The molecule has 0 aromatic carbocycles. The predicted molar refractivity (Wildman–Crippen MR) is 63.0 cm³/mol. The Kier molecular flexibility index (Phi) is 5.10. The minimum atomic E-state index is -0.639. The fraction of sp³-hybridized carbons (Fsp3) is 1.00. The van der Waals surface area contributed by atoms with Crippen LogP contribution < -0.4 is 5.32 Å². The van der Waals surface area contributed by atoms with E-state index in [0.717, 1.165) is 24.6 Å². The van der Waals surface area contributed by atoms with Gasteiger partial charge in [-0.05, 0) is 31.7 Å². The summed E-state index contributed by atoms with van der Waals surface area (Å²) < 4.78 is 11.9. The lowest BCUT2D eigenvalue weighted by atomic mass is 10.2. The molecule has 84 valence electrons. The van der Waals surface area contributed by atoms with Crippen LogP contribution in [0.1, 0.15) is 40.0 Å². The van der Waals surface area contributed by atoms with Gasteiger partial charge in [-0.25, -0.2) is 0 Å². The van der Waals surface area contributed by atoms with E-state index in [9.17, 15) is 4.21 Å². The van der Waals surface area contributed by atoms with Crippen molar-refractivity contribution in [1.82, 2.24) is 5.32 Å². The Morgan fingerprint density at radius 2 is 2.07 bits per heavy atom. The van der Waals surface area contributed by atoms with Gasteiger partial charge in [0.05, 0.1) is 0 Å². The van der Waals surface area contributed by atoms with Crippen molar-refractivity contribution in [2.75, 3.05) is 12.3 Å². The van der Waals surface area contributed by atoms with Gasteiger partial charge < -0.3 is 5.32 Å². The van der Waals surface area contributed by atoms with Gasteiger partial charge in [-0.1, -0.05) is 20.8 Å². The standard InChI is InChI=1S/C11H23NOS/c1-4-9(3)14(13)8-11(12-5-2)10-6-7-10/h9-12H,4-8H2,1-3H3. The van der Waals surface area contributed by atoms with Crippen LogP contribution in [0.5, 0.6) is 0 Å². The average molecular weight is 217 g/mol. The van der Waals surface area contributed by atoms with Crippen LogP contribution in [0.3, 0.4) is 0 Å². The topological polar surface area (TPSA) is 29.1 Å². The molecule has 0 spiro atoms. The third kappa shape index (κ3) is 3.70. The van der Waals surface area contributed by atoms with Crippen LogP contribution >= 0.6 is 0 Å². The quantitative estimate of drug-likeness (QED) is 0.706. The third-order valence-electron chi connectivity index (χ3n) is 3.02. The fourth-order valence-corrected chi connectivity index (χ4v) is 3.09. The van der Waals surface area contributed by atoms with E-state index in [1.807, 2.05) is 0 Å². The lowest BCUT2D eigenvalue weighted by molar-refractivity contribution is 0.512. The minimum Gasteiger partial charge on any atom is -0.313 e. The minimum absolute atomic E-state index is 0.356. The van der Waals surface area contributed by atoms with Crippen molar-refractivity contribution >= 4 is 10.8 Å². The zero-order valence-electron chi connectivity index (χ0n) is 9.58. The first-order chi connectivity index (χ1) is 6.69. The molecule has 3 atom stereocenters. The van der Waals surface area contributed by atoms with Gasteiger partial charge in [-0.15, -0.1) is 0 Å². The van der Waals surface area contributed by atoms with Gasteiger partial charge in [0, 0.05) is 27.8 Å². The molecule has 14 heavy (non-hydrogen) atoms. The summed E-state index contributed by atoms with van der Waals surface area (Å²) in [4.78, 5) is 0. The number of hydrogen-bond donors (Lipinski definition) is 1. The average Bonchev–Trinajstić information content (AvgIpc) is 2.99. The summed E-state index contributed by atoms with van der Waals surface area (Å²) in [6.45, 7) is 7.33. The molecule has 2 nitrogen and oxygen atoms in total. The van der Waals surface area contributed by atoms with Crippen molar-refractivity contribution in [2.45, 2.75) is 51.3 Å². The van der Waals surface area contributed by atoms with Gasteiger partial charge in [-0.2, -0.15) is 0 Å². The van der Waals surface area contributed by atoms with Gasteiger partial charge >= 0.3 is 0 Å². The van der Waals surface area contributed by atoms with Crippen molar-refractivity contribution in [3.8, 4) is 0 Å². The Morgan fingerprint density at radius 1 is 1.43 bits per heavy atom. The molecule has 1 aliphatic carbocycles. The van der Waals surface area contributed by atoms with E-state index < -0.39 is 10.8 Å². The van der Waals surface area contributed by atoms with Gasteiger partial charge in [0.2, 0.25) is 0 Å².